The van der Waals surface area contributed by atoms with Crippen molar-refractivity contribution in [2.75, 3.05) is 19.8 Å². The number of nitrogens with zero attached hydrogens (tertiary/aromatic N) is 1. The lowest BCUT2D eigenvalue weighted by Gasteiger charge is -2.10. The predicted octanol–water partition coefficient (Wildman–Crippen LogP) is 5.06. The molecule has 0 aliphatic carbocycles. The fourth-order valence-electron chi connectivity index (χ4n) is 2.77. The molecule has 0 unspecified atom stereocenters. The molecule has 0 aromatic heterocycles. The zero-order chi connectivity index (χ0) is 19.9. The SMILES string of the molecule is CCN1C(=O)/C(=C/c2cccc(OCCCOc3ccccc3C)c2)SC1=S. The van der Waals surface area contributed by atoms with E-state index in [2.05, 4.69) is 0 Å². The van der Waals surface area contributed by atoms with Gasteiger partial charge in [-0.25, -0.2) is 0 Å². The van der Waals surface area contributed by atoms with Gasteiger partial charge >= 0.3 is 0 Å². The largest absolute Gasteiger partial charge is 0.493 e. The topological polar surface area (TPSA) is 38.8 Å². The Kier molecular flexibility index (Phi) is 7.12. The minimum absolute atomic E-state index is 0.0304. The number of amides is 1. The number of thiocarbonyl (C=S) groups is 1. The van der Waals surface area contributed by atoms with Crippen LogP contribution in [0.25, 0.3) is 6.08 Å². The van der Waals surface area contributed by atoms with Crippen LogP contribution in [0.2, 0.25) is 0 Å². The molecule has 1 aliphatic rings. The van der Waals surface area contributed by atoms with Crippen molar-refractivity contribution in [2.24, 2.45) is 0 Å². The van der Waals surface area contributed by atoms with Gasteiger partial charge in [0.15, 0.2) is 0 Å². The number of hydrogen-bond donors (Lipinski definition) is 0. The Bertz CT molecular complexity index is 895. The molecule has 1 heterocycles. The van der Waals surface area contributed by atoms with E-state index in [4.69, 9.17) is 21.7 Å². The second kappa shape index (κ2) is 9.75. The Hall–Kier alpha value is -2.31. The molecule has 0 spiro atoms. The molecule has 1 amide bonds. The van der Waals surface area contributed by atoms with Gasteiger partial charge in [0.2, 0.25) is 0 Å². The van der Waals surface area contributed by atoms with Gasteiger partial charge in [-0.2, -0.15) is 0 Å². The third-order valence-electron chi connectivity index (χ3n) is 4.25. The normalized spacial score (nSPS) is 15.4. The van der Waals surface area contributed by atoms with E-state index in [9.17, 15) is 4.79 Å². The molecule has 1 aliphatic heterocycles. The lowest BCUT2D eigenvalue weighted by molar-refractivity contribution is -0.121. The molecule has 0 radical (unpaired) electrons. The molecule has 0 saturated carbocycles. The van der Waals surface area contributed by atoms with Crippen molar-refractivity contribution in [3.63, 3.8) is 0 Å². The summed E-state index contributed by atoms with van der Waals surface area (Å²) < 4.78 is 12.2. The molecule has 3 rings (SSSR count). The highest BCUT2D eigenvalue weighted by molar-refractivity contribution is 8.26. The summed E-state index contributed by atoms with van der Waals surface area (Å²) in [5.41, 5.74) is 2.05. The number of carbonyl (C=O) groups is 1. The van der Waals surface area contributed by atoms with Gasteiger partial charge in [0.25, 0.3) is 5.91 Å². The van der Waals surface area contributed by atoms with Crippen molar-refractivity contribution < 1.29 is 14.3 Å². The van der Waals surface area contributed by atoms with E-state index in [1.54, 1.807) is 4.90 Å². The molecule has 4 nitrogen and oxygen atoms in total. The summed E-state index contributed by atoms with van der Waals surface area (Å²) in [6.07, 6.45) is 2.65. The van der Waals surface area contributed by atoms with Crippen LogP contribution in [0.5, 0.6) is 11.5 Å². The monoisotopic (exact) mass is 413 g/mol. The molecular formula is C22H23NO3S2. The van der Waals surface area contributed by atoms with Crippen molar-refractivity contribution in [3.8, 4) is 11.5 Å². The van der Waals surface area contributed by atoms with Gasteiger partial charge in [0.05, 0.1) is 18.1 Å². The van der Waals surface area contributed by atoms with Gasteiger partial charge < -0.3 is 9.47 Å². The number of benzene rings is 2. The smallest absolute Gasteiger partial charge is 0.266 e. The summed E-state index contributed by atoms with van der Waals surface area (Å²) in [6.45, 7) is 5.71. The van der Waals surface area contributed by atoms with Gasteiger partial charge in [-0.15, -0.1) is 0 Å². The Morgan fingerprint density at radius 1 is 1.11 bits per heavy atom. The summed E-state index contributed by atoms with van der Waals surface area (Å²) in [7, 11) is 0. The lowest BCUT2D eigenvalue weighted by atomic mass is 10.2. The van der Waals surface area contributed by atoms with Crippen molar-refractivity contribution in [1.82, 2.24) is 4.90 Å². The van der Waals surface area contributed by atoms with Gasteiger partial charge in [-0.3, -0.25) is 9.69 Å². The quantitative estimate of drug-likeness (QED) is 0.343. The maximum Gasteiger partial charge on any atom is 0.266 e. The molecule has 0 bridgehead atoms. The summed E-state index contributed by atoms with van der Waals surface area (Å²) in [6, 6.07) is 15.7. The summed E-state index contributed by atoms with van der Waals surface area (Å²) >= 11 is 6.59. The van der Waals surface area contributed by atoms with Crippen LogP contribution in [0.3, 0.4) is 0 Å². The Morgan fingerprint density at radius 3 is 2.64 bits per heavy atom. The maximum atomic E-state index is 12.3. The van der Waals surface area contributed by atoms with Crippen LogP contribution in [0.15, 0.2) is 53.4 Å². The highest BCUT2D eigenvalue weighted by Crippen LogP contribution is 2.32. The number of ether oxygens (including phenoxy) is 2. The van der Waals surface area contributed by atoms with E-state index < -0.39 is 0 Å². The van der Waals surface area contributed by atoms with Gasteiger partial charge in [0, 0.05) is 13.0 Å². The first-order valence-corrected chi connectivity index (χ1v) is 10.5. The Balaban J connectivity index is 1.51. The third kappa shape index (κ3) is 5.14. The van der Waals surface area contributed by atoms with E-state index in [1.807, 2.05) is 68.5 Å². The van der Waals surface area contributed by atoms with E-state index in [1.165, 1.54) is 11.8 Å². The van der Waals surface area contributed by atoms with Crippen molar-refractivity contribution in [3.05, 3.63) is 64.6 Å². The summed E-state index contributed by atoms with van der Waals surface area (Å²) in [5.74, 6) is 1.65. The molecule has 1 saturated heterocycles. The van der Waals surface area contributed by atoms with E-state index >= 15 is 0 Å². The number of thioether (sulfide) groups is 1. The second-order valence-corrected chi connectivity index (χ2v) is 7.99. The number of rotatable bonds is 8. The number of likely N-dealkylation sites (N-methyl/N-ethyl adjacent to an activating group) is 1. The van der Waals surface area contributed by atoms with Crippen LogP contribution in [0, 0.1) is 6.92 Å². The first-order chi connectivity index (χ1) is 13.6. The second-order valence-electron chi connectivity index (χ2n) is 6.31. The molecule has 1 fully saturated rings. The predicted molar refractivity (Wildman–Crippen MR) is 119 cm³/mol. The van der Waals surface area contributed by atoms with Crippen molar-refractivity contribution >= 4 is 40.3 Å². The standard InChI is InChI=1S/C22H23NO3S2/c1-3-23-21(24)20(28-22(23)27)15-17-9-6-10-18(14-17)25-12-7-13-26-19-11-5-4-8-16(19)2/h4-6,8-11,14-15H,3,7,12-13H2,1-2H3/b20-15-. The van der Waals surface area contributed by atoms with Crippen LogP contribution in [-0.4, -0.2) is 34.9 Å². The Labute approximate surface area is 175 Å². The molecule has 2 aromatic rings. The Morgan fingerprint density at radius 2 is 1.89 bits per heavy atom. The molecule has 146 valence electrons. The summed E-state index contributed by atoms with van der Waals surface area (Å²) in [4.78, 5) is 14.6. The van der Waals surface area contributed by atoms with Gasteiger partial charge in [-0.05, 0) is 49.2 Å². The van der Waals surface area contributed by atoms with Gasteiger partial charge in [0.1, 0.15) is 15.8 Å². The maximum absolute atomic E-state index is 12.3. The zero-order valence-corrected chi connectivity index (χ0v) is 17.6. The first kappa shape index (κ1) is 20.4. The minimum atomic E-state index is -0.0304. The van der Waals surface area contributed by atoms with Crippen molar-refractivity contribution in [1.29, 1.82) is 0 Å². The van der Waals surface area contributed by atoms with Crippen LogP contribution >= 0.6 is 24.0 Å². The molecule has 2 aromatic carbocycles. The van der Waals surface area contributed by atoms with Gasteiger partial charge in [-0.1, -0.05) is 54.3 Å². The van der Waals surface area contributed by atoms with Crippen LogP contribution in [-0.2, 0) is 4.79 Å². The van der Waals surface area contributed by atoms with E-state index in [0.29, 0.717) is 29.0 Å². The van der Waals surface area contributed by atoms with E-state index in [0.717, 1.165) is 29.0 Å². The third-order valence-corrected chi connectivity index (χ3v) is 5.63. The fraction of sp³-hybridized carbons (Fsp3) is 0.273. The van der Waals surface area contributed by atoms with Crippen LogP contribution in [0.1, 0.15) is 24.5 Å². The number of carbonyl (C=O) groups excluding carboxylic acids is 1. The summed E-state index contributed by atoms with van der Waals surface area (Å²) in [5, 5.41) is 0. The lowest BCUT2D eigenvalue weighted by Crippen LogP contribution is -2.27. The average molecular weight is 414 g/mol. The van der Waals surface area contributed by atoms with E-state index in [-0.39, 0.29) is 5.91 Å². The van der Waals surface area contributed by atoms with Crippen LogP contribution < -0.4 is 9.47 Å². The molecular weight excluding hydrogens is 390 g/mol. The number of hydrogen-bond acceptors (Lipinski definition) is 5. The molecule has 0 N–H and O–H groups in total. The molecule has 6 heteroatoms. The fourth-order valence-corrected chi connectivity index (χ4v) is 4.15. The number of aryl methyl sites for hydroxylation is 1. The number of para-hydroxylation sites is 1. The highest BCUT2D eigenvalue weighted by Gasteiger charge is 2.30. The first-order valence-electron chi connectivity index (χ1n) is 9.25. The zero-order valence-electron chi connectivity index (χ0n) is 16.0. The molecule has 0 atom stereocenters. The minimum Gasteiger partial charge on any atom is -0.493 e. The van der Waals surface area contributed by atoms with Crippen molar-refractivity contribution in [2.45, 2.75) is 20.3 Å². The molecule has 28 heavy (non-hydrogen) atoms. The average Bonchev–Trinajstić information content (AvgIpc) is 2.96. The van der Waals surface area contributed by atoms with Crippen LogP contribution in [0.4, 0.5) is 0 Å². The highest BCUT2D eigenvalue weighted by atomic mass is 32.2.